The van der Waals surface area contributed by atoms with E-state index in [4.69, 9.17) is 10.8 Å². The molecular weight excluding hydrogens is 333 g/mol. The summed E-state index contributed by atoms with van der Waals surface area (Å²) in [5.41, 5.74) is 5.49. The molecule has 0 aliphatic rings. The smallest absolute Gasteiger partial charge is 0.395 e. The van der Waals surface area contributed by atoms with Crippen molar-refractivity contribution in [2.24, 2.45) is 0 Å². The van der Waals surface area contributed by atoms with Crippen LogP contribution in [0.15, 0.2) is 4.90 Å². The average Bonchev–Trinajstić information content (AvgIpc) is 2.69. The van der Waals surface area contributed by atoms with Crippen LogP contribution >= 0.6 is 11.5 Å². The van der Waals surface area contributed by atoms with E-state index in [1.165, 1.54) is 14.1 Å². The van der Waals surface area contributed by atoms with E-state index in [2.05, 4.69) is 4.37 Å². The van der Waals surface area contributed by atoms with Gasteiger partial charge in [0.2, 0.25) is 10.0 Å². The van der Waals surface area contributed by atoms with Gasteiger partial charge in [-0.1, -0.05) is 0 Å². The van der Waals surface area contributed by atoms with Gasteiger partial charge in [0.05, 0.1) is 6.61 Å². The van der Waals surface area contributed by atoms with E-state index < -0.39 is 40.8 Å². The van der Waals surface area contributed by atoms with Crippen LogP contribution in [0.4, 0.5) is 24.0 Å². The third kappa shape index (κ3) is 4.18. The number of hydrogen-bond acceptors (Lipinski definition) is 7. The SMILES string of the molecule is CN(C)S(=O)(=O)c1c(N)nsc1N(CCO)CC(F)(F)F. The summed E-state index contributed by atoms with van der Waals surface area (Å²) in [5.74, 6) is -0.367. The largest absolute Gasteiger partial charge is 0.405 e. The Kier molecular flexibility index (Phi) is 5.41. The minimum Gasteiger partial charge on any atom is -0.395 e. The average molecular weight is 348 g/mol. The van der Waals surface area contributed by atoms with E-state index in [9.17, 15) is 21.6 Å². The summed E-state index contributed by atoms with van der Waals surface area (Å²) in [6.45, 7) is -2.38. The van der Waals surface area contributed by atoms with Gasteiger partial charge >= 0.3 is 6.18 Å². The highest BCUT2D eigenvalue weighted by atomic mass is 32.2. The van der Waals surface area contributed by atoms with Crippen LogP contribution in [0.5, 0.6) is 0 Å². The second kappa shape index (κ2) is 6.34. The molecule has 0 atom stereocenters. The predicted octanol–water partition coefficient (Wildman–Crippen LogP) is 0.337. The van der Waals surface area contributed by atoms with Crippen LogP contribution in [0.3, 0.4) is 0 Å². The zero-order chi connectivity index (χ0) is 16.4. The first-order valence-electron chi connectivity index (χ1n) is 5.61. The fraction of sp³-hybridized carbons (Fsp3) is 0.667. The van der Waals surface area contributed by atoms with Crippen LogP contribution in [0.2, 0.25) is 0 Å². The number of rotatable bonds is 6. The van der Waals surface area contributed by atoms with E-state index in [0.29, 0.717) is 16.4 Å². The molecule has 0 bridgehead atoms. The molecule has 21 heavy (non-hydrogen) atoms. The number of anilines is 2. The number of nitrogens with zero attached hydrogens (tertiary/aromatic N) is 3. The molecule has 0 saturated heterocycles. The highest BCUT2D eigenvalue weighted by molar-refractivity contribution is 7.89. The molecule has 0 aliphatic heterocycles. The van der Waals surface area contributed by atoms with Crippen molar-refractivity contribution in [2.75, 3.05) is 44.4 Å². The number of alkyl halides is 3. The normalized spacial score (nSPS) is 12.9. The molecule has 0 spiro atoms. The van der Waals surface area contributed by atoms with Gasteiger partial charge in [0, 0.05) is 20.6 Å². The number of aromatic nitrogens is 1. The number of aliphatic hydroxyl groups is 1. The second-order valence-electron chi connectivity index (χ2n) is 4.25. The summed E-state index contributed by atoms with van der Waals surface area (Å²) in [7, 11) is -1.58. The van der Waals surface area contributed by atoms with Crippen LogP contribution in [0.1, 0.15) is 0 Å². The Bertz CT molecular complexity index is 586. The van der Waals surface area contributed by atoms with Gasteiger partial charge < -0.3 is 15.7 Å². The number of aliphatic hydroxyl groups excluding tert-OH is 1. The molecule has 0 amide bonds. The summed E-state index contributed by atoms with van der Waals surface area (Å²) < 4.78 is 66.5. The molecule has 0 unspecified atom stereocenters. The van der Waals surface area contributed by atoms with Crippen LogP contribution in [0, 0.1) is 0 Å². The molecule has 1 rings (SSSR count). The number of nitrogen functional groups attached to an aromatic ring is 1. The lowest BCUT2D eigenvalue weighted by atomic mass is 10.4. The van der Waals surface area contributed by atoms with Crippen LogP contribution < -0.4 is 10.6 Å². The van der Waals surface area contributed by atoms with Gasteiger partial charge in [0.15, 0.2) is 10.7 Å². The lowest BCUT2D eigenvalue weighted by molar-refractivity contribution is -0.119. The Hall–Kier alpha value is -1.11. The zero-order valence-corrected chi connectivity index (χ0v) is 12.9. The van der Waals surface area contributed by atoms with Crippen molar-refractivity contribution in [3.8, 4) is 0 Å². The van der Waals surface area contributed by atoms with E-state index in [0.717, 1.165) is 4.31 Å². The van der Waals surface area contributed by atoms with Crippen molar-refractivity contribution < 1.29 is 26.7 Å². The number of halogens is 3. The van der Waals surface area contributed by atoms with Gasteiger partial charge in [-0.25, -0.2) is 12.7 Å². The fourth-order valence-corrected chi connectivity index (χ4v) is 3.75. The minimum absolute atomic E-state index is 0.243. The lowest BCUT2D eigenvalue weighted by Crippen LogP contribution is -2.37. The van der Waals surface area contributed by atoms with Crippen molar-refractivity contribution in [3.05, 3.63) is 0 Å². The molecule has 1 aromatic heterocycles. The molecule has 7 nitrogen and oxygen atoms in total. The van der Waals surface area contributed by atoms with Gasteiger partial charge in [-0.15, -0.1) is 0 Å². The fourth-order valence-electron chi connectivity index (χ4n) is 1.50. The van der Waals surface area contributed by atoms with Gasteiger partial charge in [0.1, 0.15) is 11.5 Å². The van der Waals surface area contributed by atoms with Gasteiger partial charge in [0.25, 0.3) is 0 Å². The second-order valence-corrected chi connectivity index (χ2v) is 7.09. The number of nitrogens with two attached hydrogens (primary N) is 1. The molecule has 0 saturated carbocycles. The van der Waals surface area contributed by atoms with Crippen LogP contribution in [-0.4, -0.2) is 62.2 Å². The van der Waals surface area contributed by atoms with Crippen molar-refractivity contribution in [1.82, 2.24) is 8.68 Å². The molecule has 0 aromatic carbocycles. The summed E-state index contributed by atoms with van der Waals surface area (Å²) >= 11 is 0.543. The standard InChI is InChI=1S/C9H15F3N4O3S2/c1-15(2)21(18,19)6-7(13)14-20-8(6)16(3-4-17)5-9(10,11)12/h17H,3-5H2,1-2H3,(H2,13,14). The highest BCUT2D eigenvalue weighted by Crippen LogP contribution is 2.37. The summed E-state index contributed by atoms with van der Waals surface area (Å²) in [6, 6.07) is 0. The van der Waals surface area contributed by atoms with Crippen LogP contribution in [0.25, 0.3) is 0 Å². The van der Waals surface area contributed by atoms with E-state index in [-0.39, 0.29) is 10.8 Å². The Labute approximate surface area is 124 Å². The molecule has 12 heteroatoms. The van der Waals surface area contributed by atoms with E-state index >= 15 is 0 Å². The molecule has 3 N–H and O–H groups in total. The zero-order valence-electron chi connectivity index (χ0n) is 11.3. The topological polar surface area (TPSA) is 99.8 Å². The molecule has 0 radical (unpaired) electrons. The van der Waals surface area contributed by atoms with Gasteiger partial charge in [-0.3, -0.25) is 0 Å². The first-order valence-corrected chi connectivity index (χ1v) is 7.82. The monoisotopic (exact) mass is 348 g/mol. The molecular formula is C9H15F3N4O3S2. The van der Waals surface area contributed by atoms with Crippen molar-refractivity contribution in [1.29, 1.82) is 0 Å². The van der Waals surface area contributed by atoms with E-state index in [1.807, 2.05) is 0 Å². The van der Waals surface area contributed by atoms with Gasteiger partial charge in [-0.2, -0.15) is 17.5 Å². The summed E-state index contributed by atoms with van der Waals surface area (Å²) in [6.07, 6.45) is -4.56. The Balaban J connectivity index is 3.35. The van der Waals surface area contributed by atoms with Crippen molar-refractivity contribution in [3.63, 3.8) is 0 Å². The highest BCUT2D eigenvalue weighted by Gasteiger charge is 2.36. The first kappa shape index (κ1) is 17.9. The Morgan fingerprint density at radius 2 is 1.95 bits per heavy atom. The molecule has 122 valence electrons. The number of sulfonamides is 1. The molecule has 0 fully saturated rings. The van der Waals surface area contributed by atoms with E-state index in [1.54, 1.807) is 0 Å². The quantitative estimate of drug-likeness (QED) is 0.769. The minimum atomic E-state index is -4.56. The number of hydrogen-bond donors (Lipinski definition) is 2. The third-order valence-electron chi connectivity index (χ3n) is 2.42. The molecule has 1 heterocycles. The molecule has 0 aliphatic carbocycles. The Morgan fingerprint density at radius 3 is 2.38 bits per heavy atom. The molecule has 1 aromatic rings. The maximum absolute atomic E-state index is 12.6. The van der Waals surface area contributed by atoms with Crippen LogP contribution in [-0.2, 0) is 10.0 Å². The predicted molar refractivity (Wildman–Crippen MR) is 72.8 cm³/mol. The first-order chi connectivity index (χ1) is 9.50. The lowest BCUT2D eigenvalue weighted by Gasteiger charge is -2.24. The Morgan fingerprint density at radius 1 is 1.38 bits per heavy atom. The maximum atomic E-state index is 12.6. The van der Waals surface area contributed by atoms with Crippen molar-refractivity contribution >= 4 is 32.4 Å². The third-order valence-corrected chi connectivity index (χ3v) is 5.36. The van der Waals surface area contributed by atoms with Crippen molar-refractivity contribution in [2.45, 2.75) is 11.1 Å². The summed E-state index contributed by atoms with van der Waals surface area (Å²) in [5, 5.41) is 8.65. The summed E-state index contributed by atoms with van der Waals surface area (Å²) in [4.78, 5) is 0.222. The van der Waals surface area contributed by atoms with Gasteiger partial charge in [-0.05, 0) is 11.5 Å². The maximum Gasteiger partial charge on any atom is 0.405 e.